The number of alkyl halides is 6. The Morgan fingerprint density at radius 1 is 0.949 bits per heavy atom. The molecule has 208 valence electrons. The number of hydrogen-bond donors (Lipinski definition) is 3. The normalized spacial score (nSPS) is 14.8. The zero-order chi connectivity index (χ0) is 28.2. The van der Waals surface area contributed by atoms with Gasteiger partial charge in [-0.25, -0.2) is 9.97 Å². The van der Waals surface area contributed by atoms with Gasteiger partial charge in [0.1, 0.15) is 0 Å². The lowest BCUT2D eigenvalue weighted by molar-refractivity contribution is -0.139. The number of primary amides is 1. The molecule has 0 spiro atoms. The molecular formula is C27H27F6N5O. The Bertz CT molecular complexity index is 1300. The van der Waals surface area contributed by atoms with Crippen LogP contribution in [-0.2, 0) is 36.4 Å². The highest BCUT2D eigenvalue weighted by atomic mass is 19.4. The Morgan fingerprint density at radius 2 is 1.62 bits per heavy atom. The summed E-state index contributed by atoms with van der Waals surface area (Å²) >= 11 is 0. The van der Waals surface area contributed by atoms with E-state index in [2.05, 4.69) is 20.6 Å². The molecular weight excluding hydrogens is 524 g/mol. The van der Waals surface area contributed by atoms with Crippen LogP contribution in [0, 0.1) is 0 Å². The predicted molar refractivity (Wildman–Crippen MR) is 133 cm³/mol. The highest BCUT2D eigenvalue weighted by molar-refractivity contribution is 5.77. The molecule has 1 aliphatic rings. The van der Waals surface area contributed by atoms with Gasteiger partial charge in [0.25, 0.3) is 0 Å². The van der Waals surface area contributed by atoms with E-state index < -0.39 is 35.8 Å². The van der Waals surface area contributed by atoms with E-state index in [0.29, 0.717) is 17.8 Å². The lowest BCUT2D eigenvalue weighted by Crippen LogP contribution is -2.26. The van der Waals surface area contributed by atoms with Crippen LogP contribution in [0.2, 0.25) is 0 Å². The van der Waals surface area contributed by atoms with Gasteiger partial charge in [0.2, 0.25) is 11.9 Å². The van der Waals surface area contributed by atoms with Crippen LogP contribution in [0.4, 0.5) is 38.0 Å². The minimum absolute atomic E-state index is 0.0679. The fourth-order valence-electron chi connectivity index (χ4n) is 4.80. The van der Waals surface area contributed by atoms with Gasteiger partial charge in [0.05, 0.1) is 23.2 Å². The van der Waals surface area contributed by atoms with Crippen LogP contribution >= 0.6 is 0 Å². The standard InChI is InChI=1S/C27H27F6N5O/c28-26(29,30)21-3-1-2-18(20(21)14-24(34)39)6-9-23-22(27(31,32)33)15-36-25(38-23)37-19-7-4-16(5-8-19)17-10-12-35-13-11-17/h1-5,7-8,15,17,35H,6,9-14H2,(H2,34,39)(H,36,37,38). The SMILES string of the molecule is NC(=O)Cc1c(CCc2nc(Nc3ccc(C4CCNCC4)cc3)ncc2C(F)(F)F)cccc1C(F)(F)F. The number of piperidine rings is 1. The fourth-order valence-corrected chi connectivity index (χ4v) is 4.80. The molecule has 4 N–H and O–H groups in total. The highest BCUT2D eigenvalue weighted by Gasteiger charge is 2.36. The van der Waals surface area contributed by atoms with Crippen molar-refractivity contribution in [3.05, 3.63) is 82.2 Å². The van der Waals surface area contributed by atoms with Gasteiger partial charge in [-0.05, 0) is 79.6 Å². The van der Waals surface area contributed by atoms with Crippen LogP contribution in [0.3, 0.4) is 0 Å². The van der Waals surface area contributed by atoms with Crippen molar-refractivity contribution in [2.24, 2.45) is 5.73 Å². The van der Waals surface area contributed by atoms with E-state index in [4.69, 9.17) is 5.73 Å². The van der Waals surface area contributed by atoms with Crippen molar-refractivity contribution >= 4 is 17.5 Å². The Labute approximate surface area is 221 Å². The molecule has 0 bridgehead atoms. The smallest absolute Gasteiger partial charge is 0.369 e. The van der Waals surface area contributed by atoms with E-state index in [0.717, 1.165) is 38.1 Å². The van der Waals surface area contributed by atoms with Crippen molar-refractivity contribution in [1.29, 1.82) is 0 Å². The number of rotatable bonds is 8. The molecule has 0 saturated carbocycles. The highest BCUT2D eigenvalue weighted by Crippen LogP contribution is 2.35. The predicted octanol–water partition coefficient (Wildman–Crippen LogP) is 5.54. The average Bonchev–Trinajstić information content (AvgIpc) is 2.87. The molecule has 4 rings (SSSR count). The zero-order valence-electron chi connectivity index (χ0n) is 20.8. The summed E-state index contributed by atoms with van der Waals surface area (Å²) in [7, 11) is 0. The number of nitrogens with two attached hydrogens (primary N) is 1. The van der Waals surface area contributed by atoms with Crippen molar-refractivity contribution in [2.45, 2.75) is 50.4 Å². The van der Waals surface area contributed by atoms with E-state index in [-0.39, 0.29) is 35.6 Å². The number of benzene rings is 2. The summed E-state index contributed by atoms with van der Waals surface area (Å²) in [5.41, 5.74) is 4.10. The van der Waals surface area contributed by atoms with Gasteiger partial charge in [-0.2, -0.15) is 26.3 Å². The number of aromatic nitrogens is 2. The number of aryl methyl sites for hydroxylation is 2. The first-order valence-corrected chi connectivity index (χ1v) is 12.4. The molecule has 12 heteroatoms. The molecule has 6 nitrogen and oxygen atoms in total. The molecule has 0 atom stereocenters. The van der Waals surface area contributed by atoms with Gasteiger partial charge in [0, 0.05) is 11.9 Å². The summed E-state index contributed by atoms with van der Waals surface area (Å²) in [6.07, 6.45) is -8.09. The minimum atomic E-state index is -4.77. The van der Waals surface area contributed by atoms with Crippen molar-refractivity contribution in [3.63, 3.8) is 0 Å². The first-order valence-electron chi connectivity index (χ1n) is 12.4. The minimum Gasteiger partial charge on any atom is -0.369 e. The number of nitrogens with one attached hydrogen (secondary N) is 2. The number of carbonyl (C=O) groups excluding carboxylic acids is 1. The first kappa shape index (κ1) is 28.3. The van der Waals surface area contributed by atoms with Gasteiger partial charge in [-0.1, -0.05) is 24.3 Å². The Balaban J connectivity index is 1.58. The average molecular weight is 552 g/mol. The number of anilines is 2. The molecule has 2 heterocycles. The van der Waals surface area contributed by atoms with Crippen LogP contribution in [-0.4, -0.2) is 29.0 Å². The summed E-state index contributed by atoms with van der Waals surface area (Å²) in [5.74, 6) is -0.623. The van der Waals surface area contributed by atoms with Crippen molar-refractivity contribution in [2.75, 3.05) is 18.4 Å². The van der Waals surface area contributed by atoms with Gasteiger partial charge in [-0.15, -0.1) is 0 Å². The second kappa shape index (κ2) is 11.6. The third-order valence-corrected chi connectivity index (χ3v) is 6.71. The van der Waals surface area contributed by atoms with Gasteiger partial charge < -0.3 is 16.4 Å². The molecule has 1 fully saturated rings. The number of halogens is 6. The number of amides is 1. The maximum atomic E-state index is 13.7. The van der Waals surface area contributed by atoms with Crippen LogP contribution in [0.25, 0.3) is 0 Å². The van der Waals surface area contributed by atoms with Gasteiger partial charge in [-0.3, -0.25) is 4.79 Å². The Hall–Kier alpha value is -3.67. The number of nitrogens with zero attached hydrogens (tertiary/aromatic N) is 2. The fraction of sp³-hybridized carbons (Fsp3) is 0.370. The van der Waals surface area contributed by atoms with Crippen molar-refractivity contribution in [3.8, 4) is 0 Å². The van der Waals surface area contributed by atoms with Crippen LogP contribution in [0.1, 0.15) is 52.3 Å². The first-order chi connectivity index (χ1) is 18.4. The maximum absolute atomic E-state index is 13.7. The lowest BCUT2D eigenvalue weighted by atomic mass is 9.90. The molecule has 1 saturated heterocycles. The lowest BCUT2D eigenvalue weighted by Gasteiger charge is -2.23. The second-order valence-electron chi connectivity index (χ2n) is 9.41. The quantitative estimate of drug-likeness (QED) is 0.320. The summed E-state index contributed by atoms with van der Waals surface area (Å²) in [5, 5.41) is 6.22. The van der Waals surface area contributed by atoms with E-state index in [1.54, 1.807) is 12.1 Å². The molecule has 0 unspecified atom stereocenters. The molecule has 1 amide bonds. The van der Waals surface area contributed by atoms with Crippen LogP contribution in [0.15, 0.2) is 48.7 Å². The molecule has 0 radical (unpaired) electrons. The molecule has 1 aliphatic heterocycles. The third kappa shape index (κ3) is 7.25. The van der Waals surface area contributed by atoms with Crippen molar-refractivity contribution in [1.82, 2.24) is 15.3 Å². The largest absolute Gasteiger partial charge is 0.419 e. The van der Waals surface area contributed by atoms with E-state index in [9.17, 15) is 31.1 Å². The summed E-state index contributed by atoms with van der Waals surface area (Å²) in [4.78, 5) is 19.3. The molecule has 39 heavy (non-hydrogen) atoms. The zero-order valence-corrected chi connectivity index (χ0v) is 20.8. The van der Waals surface area contributed by atoms with Crippen LogP contribution in [0.5, 0.6) is 0 Å². The van der Waals surface area contributed by atoms with E-state index in [1.807, 2.05) is 12.1 Å². The number of carbonyl (C=O) groups is 1. The van der Waals surface area contributed by atoms with Crippen molar-refractivity contribution < 1.29 is 31.1 Å². The monoisotopic (exact) mass is 551 g/mol. The van der Waals surface area contributed by atoms with Gasteiger partial charge in [0.15, 0.2) is 0 Å². The summed E-state index contributed by atoms with van der Waals surface area (Å²) in [6.45, 7) is 1.88. The summed E-state index contributed by atoms with van der Waals surface area (Å²) in [6, 6.07) is 10.8. The topological polar surface area (TPSA) is 92.9 Å². The summed E-state index contributed by atoms with van der Waals surface area (Å²) < 4.78 is 81.7. The molecule has 2 aromatic carbocycles. The van der Waals surface area contributed by atoms with E-state index in [1.165, 1.54) is 11.6 Å². The molecule has 0 aliphatic carbocycles. The van der Waals surface area contributed by atoms with Gasteiger partial charge >= 0.3 is 12.4 Å². The Morgan fingerprint density at radius 3 is 2.23 bits per heavy atom. The molecule has 3 aromatic rings. The van der Waals surface area contributed by atoms with E-state index >= 15 is 0 Å². The van der Waals surface area contributed by atoms with Crippen LogP contribution < -0.4 is 16.4 Å². The maximum Gasteiger partial charge on any atom is 0.419 e. The molecule has 1 aromatic heterocycles. The second-order valence-corrected chi connectivity index (χ2v) is 9.41. The number of hydrogen-bond acceptors (Lipinski definition) is 5. The third-order valence-electron chi connectivity index (χ3n) is 6.71. The Kier molecular flexibility index (Phi) is 8.43.